The molecule has 0 spiro atoms. The van der Waals surface area contributed by atoms with Crippen LogP contribution >= 0.6 is 15.9 Å². The average molecular weight is 397 g/mol. The van der Waals surface area contributed by atoms with E-state index in [1.165, 1.54) is 0 Å². The molecule has 0 saturated carbocycles. The van der Waals surface area contributed by atoms with Gasteiger partial charge in [-0.25, -0.2) is 4.79 Å². The number of amides is 5. The average Bonchev–Trinajstić information content (AvgIpc) is 2.76. The van der Waals surface area contributed by atoms with Gasteiger partial charge >= 0.3 is 6.03 Å². The first-order chi connectivity index (χ1) is 11.3. The first-order valence-corrected chi connectivity index (χ1v) is 8.06. The maximum Gasteiger partial charge on any atom is 0.344 e. The normalized spacial score (nSPS) is 19.9. The molecule has 0 bridgehead atoms. The summed E-state index contributed by atoms with van der Waals surface area (Å²) in [5, 5.41) is 5.57. The number of nitrogens with zero attached hydrogens (tertiary/aromatic N) is 1. The fourth-order valence-corrected chi connectivity index (χ4v) is 2.48. The molecule has 1 fully saturated rings. The third kappa shape index (κ3) is 3.73. The SMILES string of the molecule is CCC1(C)NC(=O)N(NC(=O)CNC(=O)c2cccc(Br)c2)C1=O. The number of halogens is 1. The van der Waals surface area contributed by atoms with Crippen LogP contribution in [0.1, 0.15) is 30.6 Å². The zero-order valence-corrected chi connectivity index (χ0v) is 14.8. The van der Waals surface area contributed by atoms with Crippen LogP contribution in [-0.2, 0) is 9.59 Å². The molecule has 2 rings (SSSR count). The lowest BCUT2D eigenvalue weighted by molar-refractivity contribution is -0.138. The van der Waals surface area contributed by atoms with E-state index in [1.807, 2.05) is 0 Å². The van der Waals surface area contributed by atoms with Crippen LogP contribution in [0.4, 0.5) is 4.79 Å². The summed E-state index contributed by atoms with van der Waals surface area (Å²) in [6.07, 6.45) is 0.392. The van der Waals surface area contributed by atoms with E-state index in [4.69, 9.17) is 0 Å². The summed E-state index contributed by atoms with van der Waals surface area (Å²) >= 11 is 3.25. The number of hydrogen-bond acceptors (Lipinski definition) is 4. The van der Waals surface area contributed by atoms with Crippen molar-refractivity contribution >= 4 is 39.7 Å². The topological polar surface area (TPSA) is 108 Å². The molecular formula is C15H17BrN4O4. The summed E-state index contributed by atoms with van der Waals surface area (Å²) in [4.78, 5) is 47.7. The van der Waals surface area contributed by atoms with Crippen LogP contribution in [0.5, 0.6) is 0 Å². The fourth-order valence-electron chi connectivity index (χ4n) is 2.08. The van der Waals surface area contributed by atoms with Gasteiger partial charge < -0.3 is 10.6 Å². The smallest absolute Gasteiger partial charge is 0.343 e. The number of imide groups is 1. The Kier molecular flexibility index (Phi) is 5.23. The molecular weight excluding hydrogens is 380 g/mol. The predicted octanol–water partition coefficient (Wildman–Crippen LogP) is 0.931. The van der Waals surface area contributed by atoms with Gasteiger partial charge in [0.15, 0.2) is 0 Å². The monoisotopic (exact) mass is 396 g/mol. The zero-order valence-electron chi connectivity index (χ0n) is 13.2. The first kappa shape index (κ1) is 17.9. The van der Waals surface area contributed by atoms with Crippen LogP contribution in [0.2, 0.25) is 0 Å². The van der Waals surface area contributed by atoms with E-state index < -0.39 is 29.3 Å². The van der Waals surface area contributed by atoms with Crippen molar-refractivity contribution in [3.8, 4) is 0 Å². The van der Waals surface area contributed by atoms with Crippen molar-refractivity contribution in [1.82, 2.24) is 21.1 Å². The number of hydrogen-bond donors (Lipinski definition) is 3. The second-order valence-corrected chi connectivity index (χ2v) is 6.40. The molecule has 0 radical (unpaired) electrons. The summed E-state index contributed by atoms with van der Waals surface area (Å²) in [7, 11) is 0. The second-order valence-electron chi connectivity index (χ2n) is 5.48. The van der Waals surface area contributed by atoms with Crippen LogP contribution < -0.4 is 16.1 Å². The molecule has 0 aromatic heterocycles. The lowest BCUT2D eigenvalue weighted by atomic mass is 10.00. The molecule has 1 atom stereocenters. The Bertz CT molecular complexity index is 708. The van der Waals surface area contributed by atoms with Crippen LogP contribution in [0.3, 0.4) is 0 Å². The third-order valence-electron chi connectivity index (χ3n) is 3.70. The Balaban J connectivity index is 1.91. The number of urea groups is 1. The molecule has 1 aliphatic rings. The second kappa shape index (κ2) is 7.00. The van der Waals surface area contributed by atoms with Crippen molar-refractivity contribution in [3.63, 3.8) is 0 Å². The van der Waals surface area contributed by atoms with E-state index in [0.717, 1.165) is 4.47 Å². The largest absolute Gasteiger partial charge is 0.344 e. The van der Waals surface area contributed by atoms with Gasteiger partial charge in [-0.15, -0.1) is 0 Å². The van der Waals surface area contributed by atoms with Gasteiger partial charge in [-0.05, 0) is 31.5 Å². The lowest BCUT2D eigenvalue weighted by Gasteiger charge is -2.19. The summed E-state index contributed by atoms with van der Waals surface area (Å²) in [6.45, 7) is 2.96. The van der Waals surface area contributed by atoms with Gasteiger partial charge in [-0.3, -0.25) is 19.8 Å². The molecule has 1 saturated heterocycles. The number of hydrazine groups is 1. The molecule has 24 heavy (non-hydrogen) atoms. The van der Waals surface area contributed by atoms with Crippen molar-refractivity contribution in [1.29, 1.82) is 0 Å². The van der Waals surface area contributed by atoms with Gasteiger partial charge in [0.1, 0.15) is 5.54 Å². The molecule has 3 N–H and O–H groups in total. The third-order valence-corrected chi connectivity index (χ3v) is 4.19. The molecule has 5 amide bonds. The van der Waals surface area contributed by atoms with Gasteiger partial charge in [0.05, 0.1) is 6.54 Å². The minimum Gasteiger partial charge on any atom is -0.343 e. The molecule has 8 nitrogen and oxygen atoms in total. The highest BCUT2D eigenvalue weighted by atomic mass is 79.9. The molecule has 1 unspecified atom stereocenters. The summed E-state index contributed by atoms with van der Waals surface area (Å²) in [5.74, 6) is -1.66. The standard InChI is InChI=1S/C15H17BrN4O4/c1-3-15(2)13(23)20(14(24)18-15)19-11(21)8-17-12(22)9-5-4-6-10(16)7-9/h4-7H,3,8H2,1-2H3,(H,17,22)(H,18,24)(H,19,21). The highest BCUT2D eigenvalue weighted by Gasteiger charge is 2.47. The van der Waals surface area contributed by atoms with Crippen molar-refractivity contribution in [2.24, 2.45) is 0 Å². The van der Waals surface area contributed by atoms with Crippen LogP contribution in [0, 0.1) is 0 Å². The summed E-state index contributed by atoms with van der Waals surface area (Å²) in [6, 6.07) is 5.97. The minimum absolute atomic E-state index is 0.370. The number of carbonyl (C=O) groups excluding carboxylic acids is 4. The van der Waals surface area contributed by atoms with Crippen LogP contribution in [-0.4, -0.2) is 40.8 Å². The van der Waals surface area contributed by atoms with E-state index in [1.54, 1.807) is 38.1 Å². The van der Waals surface area contributed by atoms with Crippen LogP contribution in [0.25, 0.3) is 0 Å². The molecule has 128 valence electrons. The Morgan fingerprint density at radius 3 is 2.62 bits per heavy atom. The van der Waals surface area contributed by atoms with Crippen molar-refractivity contribution in [2.75, 3.05) is 6.54 Å². The lowest BCUT2D eigenvalue weighted by Crippen LogP contribution is -2.51. The molecule has 9 heteroatoms. The first-order valence-electron chi connectivity index (χ1n) is 7.27. The van der Waals surface area contributed by atoms with Gasteiger partial charge in [0, 0.05) is 10.0 Å². The molecule has 0 aliphatic carbocycles. The molecule has 1 aromatic carbocycles. The van der Waals surface area contributed by atoms with Crippen molar-refractivity contribution in [2.45, 2.75) is 25.8 Å². The highest BCUT2D eigenvalue weighted by molar-refractivity contribution is 9.10. The van der Waals surface area contributed by atoms with Gasteiger partial charge in [-0.1, -0.05) is 28.9 Å². The van der Waals surface area contributed by atoms with E-state index in [-0.39, 0.29) is 6.54 Å². The Morgan fingerprint density at radius 2 is 2.04 bits per heavy atom. The minimum atomic E-state index is -1.04. The maximum atomic E-state index is 12.1. The Labute approximate surface area is 147 Å². The Hall–Kier alpha value is -2.42. The van der Waals surface area contributed by atoms with Crippen LogP contribution in [0.15, 0.2) is 28.7 Å². The quantitative estimate of drug-likeness (QED) is 0.643. The molecule has 1 aliphatic heterocycles. The fraction of sp³-hybridized carbons (Fsp3) is 0.333. The maximum absolute atomic E-state index is 12.1. The van der Waals surface area contributed by atoms with Crippen molar-refractivity contribution < 1.29 is 19.2 Å². The van der Waals surface area contributed by atoms with E-state index >= 15 is 0 Å². The van der Waals surface area contributed by atoms with Gasteiger partial charge in [0.2, 0.25) is 0 Å². The molecule has 1 heterocycles. The van der Waals surface area contributed by atoms with Gasteiger partial charge in [-0.2, -0.15) is 5.01 Å². The van der Waals surface area contributed by atoms with E-state index in [0.29, 0.717) is 17.0 Å². The predicted molar refractivity (Wildman–Crippen MR) is 88.7 cm³/mol. The summed E-state index contributed by atoms with van der Waals surface area (Å²) < 4.78 is 0.734. The van der Waals surface area contributed by atoms with Gasteiger partial charge in [0.25, 0.3) is 17.7 Å². The highest BCUT2D eigenvalue weighted by Crippen LogP contribution is 2.19. The molecule has 1 aromatic rings. The number of carbonyl (C=O) groups is 4. The zero-order chi connectivity index (χ0) is 17.9. The van der Waals surface area contributed by atoms with E-state index in [9.17, 15) is 19.2 Å². The van der Waals surface area contributed by atoms with Crippen molar-refractivity contribution in [3.05, 3.63) is 34.3 Å². The number of rotatable bonds is 5. The Morgan fingerprint density at radius 1 is 1.33 bits per heavy atom. The summed E-state index contributed by atoms with van der Waals surface area (Å²) in [5.41, 5.74) is 1.54. The van der Waals surface area contributed by atoms with E-state index in [2.05, 4.69) is 32.0 Å². The number of nitrogens with one attached hydrogen (secondary N) is 3. The number of benzene rings is 1.